The van der Waals surface area contributed by atoms with Crippen LogP contribution in [0.25, 0.3) is 0 Å². The van der Waals surface area contributed by atoms with E-state index in [2.05, 4.69) is 29.6 Å². The molecule has 0 radical (unpaired) electrons. The van der Waals surface area contributed by atoms with E-state index in [0.29, 0.717) is 5.56 Å². The molecule has 1 N–H and O–H groups in total. The summed E-state index contributed by atoms with van der Waals surface area (Å²) in [4.78, 5) is 0. The summed E-state index contributed by atoms with van der Waals surface area (Å²) in [7, 11) is 0. The van der Waals surface area contributed by atoms with Crippen molar-refractivity contribution in [1.29, 1.82) is 0 Å². The molecule has 0 aromatic heterocycles. The monoisotopic (exact) mass is 275 g/mol. The van der Waals surface area contributed by atoms with E-state index in [4.69, 9.17) is 0 Å². The SMILES string of the molecule is Cc1ccc(C(C)NC(C)c2ccc(F)cc2F)cc1. The molecule has 106 valence electrons. The van der Waals surface area contributed by atoms with Crippen LogP contribution in [0.2, 0.25) is 0 Å². The van der Waals surface area contributed by atoms with Crippen LogP contribution in [0.1, 0.15) is 42.6 Å². The number of hydrogen-bond acceptors (Lipinski definition) is 1. The van der Waals surface area contributed by atoms with Crippen LogP contribution in [-0.4, -0.2) is 0 Å². The first-order valence-electron chi connectivity index (χ1n) is 6.75. The molecule has 1 nitrogen and oxygen atoms in total. The van der Waals surface area contributed by atoms with E-state index in [1.807, 2.05) is 20.8 Å². The number of aryl methyl sites for hydroxylation is 1. The molecule has 3 heteroatoms. The number of rotatable bonds is 4. The predicted octanol–water partition coefficient (Wildman–Crippen LogP) is 4.69. The Morgan fingerprint density at radius 2 is 1.55 bits per heavy atom. The third kappa shape index (κ3) is 3.42. The molecule has 0 aliphatic heterocycles. The first-order chi connectivity index (χ1) is 9.47. The molecule has 0 saturated heterocycles. The van der Waals surface area contributed by atoms with Crippen LogP contribution in [0.15, 0.2) is 42.5 Å². The summed E-state index contributed by atoms with van der Waals surface area (Å²) in [5.74, 6) is -1.06. The Labute approximate surface area is 118 Å². The maximum Gasteiger partial charge on any atom is 0.130 e. The largest absolute Gasteiger partial charge is 0.304 e. The highest BCUT2D eigenvalue weighted by molar-refractivity contribution is 5.25. The molecular weight excluding hydrogens is 256 g/mol. The summed E-state index contributed by atoms with van der Waals surface area (Å²) in [5, 5.41) is 3.33. The fraction of sp³-hybridized carbons (Fsp3) is 0.294. The second-order valence-electron chi connectivity index (χ2n) is 5.19. The van der Waals surface area contributed by atoms with Gasteiger partial charge in [0.2, 0.25) is 0 Å². The van der Waals surface area contributed by atoms with Crippen LogP contribution in [0.4, 0.5) is 8.78 Å². The third-order valence-electron chi connectivity index (χ3n) is 3.51. The molecule has 0 spiro atoms. The van der Waals surface area contributed by atoms with Crippen molar-refractivity contribution >= 4 is 0 Å². The molecule has 0 heterocycles. The first-order valence-corrected chi connectivity index (χ1v) is 6.75. The van der Waals surface area contributed by atoms with Crippen molar-refractivity contribution in [2.45, 2.75) is 32.9 Å². The van der Waals surface area contributed by atoms with E-state index in [9.17, 15) is 8.78 Å². The van der Waals surface area contributed by atoms with Gasteiger partial charge in [-0.15, -0.1) is 0 Å². The first kappa shape index (κ1) is 14.7. The van der Waals surface area contributed by atoms with Crippen LogP contribution in [0.3, 0.4) is 0 Å². The van der Waals surface area contributed by atoms with E-state index in [-0.39, 0.29) is 12.1 Å². The van der Waals surface area contributed by atoms with E-state index in [1.54, 1.807) is 0 Å². The summed E-state index contributed by atoms with van der Waals surface area (Å²) in [6.45, 7) is 5.95. The van der Waals surface area contributed by atoms with Crippen molar-refractivity contribution in [3.63, 3.8) is 0 Å². The molecule has 0 bridgehead atoms. The quantitative estimate of drug-likeness (QED) is 0.854. The Hall–Kier alpha value is -1.74. The second-order valence-corrected chi connectivity index (χ2v) is 5.19. The van der Waals surface area contributed by atoms with Gasteiger partial charge in [0.05, 0.1) is 0 Å². The van der Waals surface area contributed by atoms with E-state index < -0.39 is 11.6 Å². The van der Waals surface area contributed by atoms with Gasteiger partial charge in [-0.25, -0.2) is 8.78 Å². The summed E-state index contributed by atoms with van der Waals surface area (Å²) in [6.07, 6.45) is 0. The minimum atomic E-state index is -0.551. The van der Waals surface area contributed by atoms with Crippen molar-refractivity contribution < 1.29 is 8.78 Å². The fourth-order valence-electron chi connectivity index (χ4n) is 2.27. The van der Waals surface area contributed by atoms with E-state index in [0.717, 1.165) is 11.6 Å². The molecule has 2 aromatic carbocycles. The molecule has 0 fully saturated rings. The van der Waals surface area contributed by atoms with Gasteiger partial charge in [0.25, 0.3) is 0 Å². The van der Waals surface area contributed by atoms with Crippen molar-refractivity contribution in [3.8, 4) is 0 Å². The lowest BCUT2D eigenvalue weighted by Gasteiger charge is -2.21. The number of hydrogen-bond donors (Lipinski definition) is 1. The highest BCUT2D eigenvalue weighted by Crippen LogP contribution is 2.22. The lowest BCUT2D eigenvalue weighted by molar-refractivity contribution is 0.470. The highest BCUT2D eigenvalue weighted by atomic mass is 19.1. The zero-order valence-electron chi connectivity index (χ0n) is 12.0. The van der Waals surface area contributed by atoms with Crippen LogP contribution in [0.5, 0.6) is 0 Å². The number of nitrogens with one attached hydrogen (secondary N) is 1. The molecular formula is C17H19F2N. The van der Waals surface area contributed by atoms with Crippen LogP contribution < -0.4 is 5.32 Å². The predicted molar refractivity (Wildman–Crippen MR) is 77.5 cm³/mol. The van der Waals surface area contributed by atoms with Gasteiger partial charge in [0.1, 0.15) is 11.6 Å². The van der Waals surface area contributed by atoms with Gasteiger partial charge < -0.3 is 5.32 Å². The van der Waals surface area contributed by atoms with Crippen LogP contribution in [-0.2, 0) is 0 Å². The average Bonchev–Trinajstić information content (AvgIpc) is 2.39. The van der Waals surface area contributed by atoms with E-state index >= 15 is 0 Å². The standard InChI is InChI=1S/C17H19F2N/c1-11-4-6-14(7-5-11)12(2)20-13(3)16-9-8-15(18)10-17(16)19/h4-10,12-13,20H,1-3H3. The molecule has 0 aliphatic carbocycles. The molecule has 0 saturated carbocycles. The Morgan fingerprint density at radius 3 is 2.15 bits per heavy atom. The lowest BCUT2D eigenvalue weighted by Crippen LogP contribution is -2.23. The fourth-order valence-corrected chi connectivity index (χ4v) is 2.27. The van der Waals surface area contributed by atoms with Gasteiger partial charge in [-0.2, -0.15) is 0 Å². The molecule has 2 atom stereocenters. The zero-order chi connectivity index (χ0) is 14.7. The zero-order valence-corrected chi connectivity index (χ0v) is 12.0. The highest BCUT2D eigenvalue weighted by Gasteiger charge is 2.14. The lowest BCUT2D eigenvalue weighted by atomic mass is 10.0. The number of benzene rings is 2. The molecule has 0 aliphatic rings. The topological polar surface area (TPSA) is 12.0 Å². The normalized spacial score (nSPS) is 14.1. The smallest absolute Gasteiger partial charge is 0.130 e. The van der Waals surface area contributed by atoms with Gasteiger partial charge in [-0.1, -0.05) is 35.9 Å². The van der Waals surface area contributed by atoms with Crippen molar-refractivity contribution in [1.82, 2.24) is 5.32 Å². The minimum Gasteiger partial charge on any atom is -0.304 e. The van der Waals surface area contributed by atoms with Gasteiger partial charge in [0.15, 0.2) is 0 Å². The summed E-state index contributed by atoms with van der Waals surface area (Å²) in [6, 6.07) is 11.8. The summed E-state index contributed by atoms with van der Waals surface area (Å²) in [5.41, 5.74) is 2.83. The van der Waals surface area contributed by atoms with Crippen LogP contribution >= 0.6 is 0 Å². The van der Waals surface area contributed by atoms with Gasteiger partial charge in [0, 0.05) is 23.7 Å². The summed E-state index contributed by atoms with van der Waals surface area (Å²) >= 11 is 0. The molecule has 20 heavy (non-hydrogen) atoms. The minimum absolute atomic E-state index is 0.0926. The van der Waals surface area contributed by atoms with Crippen molar-refractivity contribution in [2.75, 3.05) is 0 Å². The maximum absolute atomic E-state index is 13.7. The average molecular weight is 275 g/mol. The van der Waals surface area contributed by atoms with Crippen molar-refractivity contribution in [2.24, 2.45) is 0 Å². The Morgan fingerprint density at radius 1 is 0.900 bits per heavy atom. The van der Waals surface area contributed by atoms with Gasteiger partial charge in [-0.3, -0.25) is 0 Å². The third-order valence-corrected chi connectivity index (χ3v) is 3.51. The summed E-state index contributed by atoms with van der Waals surface area (Å²) < 4.78 is 26.6. The molecule has 0 amide bonds. The van der Waals surface area contributed by atoms with Gasteiger partial charge in [-0.05, 0) is 32.4 Å². The molecule has 2 rings (SSSR count). The maximum atomic E-state index is 13.7. The Kier molecular flexibility index (Phi) is 4.50. The molecule has 2 unspecified atom stereocenters. The Balaban J connectivity index is 2.10. The second kappa shape index (κ2) is 6.14. The Bertz CT molecular complexity index is 578. The van der Waals surface area contributed by atoms with E-state index in [1.165, 1.54) is 17.7 Å². The van der Waals surface area contributed by atoms with Crippen LogP contribution in [0, 0.1) is 18.6 Å². The number of halogens is 2. The van der Waals surface area contributed by atoms with Crippen molar-refractivity contribution in [3.05, 3.63) is 70.8 Å². The molecule has 2 aromatic rings. The van der Waals surface area contributed by atoms with Gasteiger partial charge >= 0.3 is 0 Å².